The van der Waals surface area contributed by atoms with Crippen molar-refractivity contribution >= 4 is 6.09 Å². The van der Waals surface area contributed by atoms with Crippen molar-refractivity contribution in [3.63, 3.8) is 0 Å². The SMILES string of the molecule is CC(C)(C)OC(=O)N1CCCCC1NC1CC1. The van der Waals surface area contributed by atoms with Gasteiger partial charge in [-0.25, -0.2) is 4.79 Å². The van der Waals surface area contributed by atoms with Crippen LogP contribution in [0.15, 0.2) is 0 Å². The normalized spacial score (nSPS) is 25.8. The van der Waals surface area contributed by atoms with E-state index in [4.69, 9.17) is 4.74 Å². The number of hydrogen-bond donors (Lipinski definition) is 1. The Kier molecular flexibility index (Phi) is 3.61. The summed E-state index contributed by atoms with van der Waals surface area (Å²) >= 11 is 0. The second-order valence-electron chi connectivity index (χ2n) is 6.13. The quantitative estimate of drug-likeness (QED) is 0.806. The van der Waals surface area contributed by atoms with Gasteiger partial charge in [0.15, 0.2) is 0 Å². The molecule has 0 aromatic carbocycles. The molecule has 0 bridgehead atoms. The number of nitrogens with one attached hydrogen (secondary N) is 1. The third kappa shape index (κ3) is 3.87. The van der Waals surface area contributed by atoms with Gasteiger partial charge in [-0.05, 0) is 52.9 Å². The predicted octanol–water partition coefficient (Wildman–Crippen LogP) is 2.49. The number of likely N-dealkylation sites (tertiary alicyclic amines) is 1. The zero-order chi connectivity index (χ0) is 12.5. The summed E-state index contributed by atoms with van der Waals surface area (Å²) in [5.41, 5.74) is -0.404. The van der Waals surface area contributed by atoms with Gasteiger partial charge in [0.2, 0.25) is 0 Å². The van der Waals surface area contributed by atoms with E-state index in [1.807, 2.05) is 25.7 Å². The molecule has 0 radical (unpaired) electrons. The molecule has 98 valence electrons. The highest BCUT2D eigenvalue weighted by Crippen LogP contribution is 2.24. The molecule has 2 aliphatic rings. The summed E-state index contributed by atoms with van der Waals surface area (Å²) in [6.07, 6.45) is 5.85. The van der Waals surface area contributed by atoms with Crippen LogP contribution in [0.4, 0.5) is 4.79 Å². The average molecular weight is 240 g/mol. The van der Waals surface area contributed by atoms with Gasteiger partial charge in [-0.3, -0.25) is 10.2 Å². The van der Waals surface area contributed by atoms with E-state index >= 15 is 0 Å². The molecule has 1 aliphatic carbocycles. The lowest BCUT2D eigenvalue weighted by Crippen LogP contribution is -2.53. The van der Waals surface area contributed by atoms with E-state index in [9.17, 15) is 4.79 Å². The van der Waals surface area contributed by atoms with Crippen molar-refractivity contribution < 1.29 is 9.53 Å². The molecule has 1 saturated carbocycles. The molecule has 0 aromatic heterocycles. The Morgan fingerprint density at radius 3 is 2.53 bits per heavy atom. The third-order valence-electron chi connectivity index (χ3n) is 3.14. The van der Waals surface area contributed by atoms with Gasteiger partial charge in [0.1, 0.15) is 5.60 Å². The van der Waals surface area contributed by atoms with Crippen LogP contribution in [-0.4, -0.2) is 35.3 Å². The molecule has 2 rings (SSSR count). The Morgan fingerprint density at radius 2 is 1.94 bits per heavy atom. The molecule has 0 spiro atoms. The minimum atomic E-state index is -0.404. The largest absolute Gasteiger partial charge is 0.444 e. The van der Waals surface area contributed by atoms with Crippen molar-refractivity contribution in [2.75, 3.05) is 6.54 Å². The lowest BCUT2D eigenvalue weighted by Gasteiger charge is -2.37. The highest BCUT2D eigenvalue weighted by molar-refractivity contribution is 5.68. The molecular formula is C13H24N2O2. The summed E-state index contributed by atoms with van der Waals surface area (Å²) in [4.78, 5) is 14.0. The van der Waals surface area contributed by atoms with Gasteiger partial charge in [-0.2, -0.15) is 0 Å². The lowest BCUT2D eigenvalue weighted by atomic mass is 10.1. The minimum absolute atomic E-state index is 0.171. The minimum Gasteiger partial charge on any atom is -0.444 e. The molecule has 1 atom stereocenters. The number of carbonyl (C=O) groups excluding carboxylic acids is 1. The number of piperidine rings is 1. The van der Waals surface area contributed by atoms with Gasteiger partial charge >= 0.3 is 6.09 Å². The summed E-state index contributed by atoms with van der Waals surface area (Å²) in [6.45, 7) is 6.56. The molecule has 1 amide bonds. The fraction of sp³-hybridized carbons (Fsp3) is 0.923. The number of carbonyl (C=O) groups is 1. The first-order valence-corrected chi connectivity index (χ1v) is 6.71. The molecule has 4 nitrogen and oxygen atoms in total. The number of rotatable bonds is 2. The van der Waals surface area contributed by atoms with Crippen LogP contribution in [0.1, 0.15) is 52.9 Å². The van der Waals surface area contributed by atoms with Crippen molar-refractivity contribution in [2.24, 2.45) is 0 Å². The zero-order valence-corrected chi connectivity index (χ0v) is 11.2. The van der Waals surface area contributed by atoms with E-state index in [2.05, 4.69) is 5.32 Å². The number of amides is 1. The van der Waals surface area contributed by atoms with Gasteiger partial charge in [0, 0.05) is 12.6 Å². The third-order valence-corrected chi connectivity index (χ3v) is 3.14. The second-order valence-corrected chi connectivity index (χ2v) is 6.13. The van der Waals surface area contributed by atoms with Crippen LogP contribution in [0.25, 0.3) is 0 Å². The van der Waals surface area contributed by atoms with Crippen LogP contribution < -0.4 is 5.32 Å². The molecular weight excluding hydrogens is 216 g/mol. The van der Waals surface area contributed by atoms with Crippen LogP contribution in [0.2, 0.25) is 0 Å². The lowest BCUT2D eigenvalue weighted by molar-refractivity contribution is 0.00515. The summed E-state index contributed by atoms with van der Waals surface area (Å²) in [5, 5.41) is 3.53. The Hall–Kier alpha value is -0.770. The second kappa shape index (κ2) is 4.84. The van der Waals surface area contributed by atoms with Crippen molar-refractivity contribution in [1.29, 1.82) is 0 Å². The first-order valence-electron chi connectivity index (χ1n) is 6.71. The van der Waals surface area contributed by atoms with E-state index in [-0.39, 0.29) is 12.3 Å². The summed E-state index contributed by atoms with van der Waals surface area (Å²) < 4.78 is 5.46. The standard InChI is InChI=1S/C13H24N2O2/c1-13(2,3)17-12(16)15-9-5-4-6-11(15)14-10-7-8-10/h10-11,14H,4-9H2,1-3H3. The van der Waals surface area contributed by atoms with Gasteiger partial charge in [-0.1, -0.05) is 0 Å². The molecule has 17 heavy (non-hydrogen) atoms. The molecule has 1 saturated heterocycles. The molecule has 1 N–H and O–H groups in total. The van der Waals surface area contributed by atoms with E-state index in [1.54, 1.807) is 0 Å². The summed E-state index contributed by atoms with van der Waals surface area (Å²) in [7, 11) is 0. The maximum Gasteiger partial charge on any atom is 0.411 e. The van der Waals surface area contributed by atoms with E-state index in [1.165, 1.54) is 19.3 Å². The molecule has 1 heterocycles. The highest BCUT2D eigenvalue weighted by atomic mass is 16.6. The molecule has 1 unspecified atom stereocenters. The summed E-state index contributed by atoms with van der Waals surface area (Å²) in [6, 6.07) is 0.628. The van der Waals surface area contributed by atoms with Crippen LogP contribution >= 0.6 is 0 Å². The fourth-order valence-electron chi connectivity index (χ4n) is 2.17. The number of nitrogens with zero attached hydrogens (tertiary/aromatic N) is 1. The number of ether oxygens (including phenoxy) is 1. The summed E-state index contributed by atoms with van der Waals surface area (Å²) in [5.74, 6) is 0. The van der Waals surface area contributed by atoms with Crippen LogP contribution in [0.3, 0.4) is 0 Å². The Balaban J connectivity index is 1.92. The fourth-order valence-corrected chi connectivity index (χ4v) is 2.17. The van der Waals surface area contributed by atoms with Crippen molar-refractivity contribution in [2.45, 2.75) is 70.7 Å². The first kappa shape index (κ1) is 12.7. The van der Waals surface area contributed by atoms with Gasteiger partial charge in [0.25, 0.3) is 0 Å². The smallest absolute Gasteiger partial charge is 0.411 e. The van der Waals surface area contributed by atoms with Crippen LogP contribution in [0, 0.1) is 0 Å². The molecule has 1 aliphatic heterocycles. The molecule has 0 aromatic rings. The zero-order valence-electron chi connectivity index (χ0n) is 11.2. The van der Waals surface area contributed by atoms with E-state index in [0.717, 1.165) is 19.4 Å². The Bertz CT molecular complexity index is 282. The Labute approximate surface area is 104 Å². The van der Waals surface area contributed by atoms with Crippen LogP contribution in [0.5, 0.6) is 0 Å². The molecule has 2 fully saturated rings. The van der Waals surface area contributed by atoms with Gasteiger partial charge in [-0.15, -0.1) is 0 Å². The first-order chi connectivity index (χ1) is 7.96. The van der Waals surface area contributed by atoms with Crippen LogP contribution in [-0.2, 0) is 4.74 Å². The average Bonchev–Trinajstić information content (AvgIpc) is 3.00. The monoisotopic (exact) mass is 240 g/mol. The topological polar surface area (TPSA) is 41.6 Å². The maximum atomic E-state index is 12.1. The van der Waals surface area contributed by atoms with Crippen molar-refractivity contribution in [1.82, 2.24) is 10.2 Å². The highest BCUT2D eigenvalue weighted by Gasteiger charge is 2.33. The van der Waals surface area contributed by atoms with Gasteiger partial charge < -0.3 is 4.74 Å². The maximum absolute atomic E-state index is 12.1. The van der Waals surface area contributed by atoms with E-state index < -0.39 is 5.60 Å². The van der Waals surface area contributed by atoms with Crippen molar-refractivity contribution in [3.05, 3.63) is 0 Å². The Morgan fingerprint density at radius 1 is 1.24 bits per heavy atom. The molecule has 4 heteroatoms. The van der Waals surface area contributed by atoms with Crippen molar-refractivity contribution in [3.8, 4) is 0 Å². The predicted molar refractivity (Wildman–Crippen MR) is 66.7 cm³/mol. The van der Waals surface area contributed by atoms with Gasteiger partial charge in [0.05, 0.1) is 6.17 Å². The van der Waals surface area contributed by atoms with E-state index in [0.29, 0.717) is 6.04 Å². The number of hydrogen-bond acceptors (Lipinski definition) is 3.